The Bertz CT molecular complexity index is 1350. The van der Waals surface area contributed by atoms with Gasteiger partial charge >= 0.3 is 0 Å². The van der Waals surface area contributed by atoms with Crippen LogP contribution in [0.15, 0.2) is 60.9 Å². The highest BCUT2D eigenvalue weighted by atomic mass is 32.2. The second-order valence-corrected chi connectivity index (χ2v) is 9.31. The Morgan fingerprint density at radius 2 is 1.53 bits per heavy atom. The molecule has 178 valence electrons. The van der Waals surface area contributed by atoms with Crippen LogP contribution in [0.1, 0.15) is 11.1 Å². The molecule has 1 aliphatic rings. The standard InChI is InChI=1S/C26H28N4.H3NO2S/c1-18-4-5-21(14-19(18)2)25-17-28-26-24(25)15-22(16-27-26)20-6-8-23(9-7-20)30-12-10-29(3)11-13-30;1-4(2)3/h4-9,14-17H,10-13H2,1-3H3,(H,27,28);4H,(H2,1,2,3). The monoisotopic (exact) mass is 477 g/mol. The van der Waals surface area contributed by atoms with Crippen LogP contribution >= 0.6 is 0 Å². The van der Waals surface area contributed by atoms with Crippen LogP contribution in [0.3, 0.4) is 0 Å². The van der Waals surface area contributed by atoms with Gasteiger partial charge in [0.1, 0.15) is 5.65 Å². The summed E-state index contributed by atoms with van der Waals surface area (Å²) in [6.45, 7) is 8.74. The summed E-state index contributed by atoms with van der Waals surface area (Å²) >= 11 is 0. The Hall–Kier alpha value is -3.20. The lowest BCUT2D eigenvalue weighted by atomic mass is 9.99. The van der Waals surface area contributed by atoms with Gasteiger partial charge in [-0.15, -0.1) is 0 Å². The van der Waals surface area contributed by atoms with E-state index in [1.807, 2.05) is 6.20 Å². The van der Waals surface area contributed by atoms with Crippen molar-refractivity contribution in [1.82, 2.24) is 14.9 Å². The zero-order chi connectivity index (χ0) is 24.2. The fraction of sp³-hybridized carbons (Fsp3) is 0.269. The average Bonchev–Trinajstić information content (AvgIpc) is 3.24. The minimum atomic E-state index is -2.62. The van der Waals surface area contributed by atoms with Gasteiger partial charge in [0.15, 0.2) is 10.9 Å². The van der Waals surface area contributed by atoms with Gasteiger partial charge < -0.3 is 14.8 Å². The van der Waals surface area contributed by atoms with Crippen molar-refractivity contribution >= 4 is 27.6 Å². The van der Waals surface area contributed by atoms with Gasteiger partial charge in [-0.3, -0.25) is 0 Å². The minimum Gasteiger partial charge on any atom is -0.369 e. The second kappa shape index (κ2) is 10.4. The van der Waals surface area contributed by atoms with Gasteiger partial charge in [-0.2, -0.15) is 0 Å². The second-order valence-electron chi connectivity index (χ2n) is 8.74. The van der Waals surface area contributed by atoms with Crippen molar-refractivity contribution in [2.75, 3.05) is 38.1 Å². The maximum atomic E-state index is 8.81. The predicted octanol–water partition coefficient (Wildman–Crippen LogP) is 3.74. The van der Waals surface area contributed by atoms with Crippen molar-refractivity contribution in [3.8, 4) is 22.3 Å². The van der Waals surface area contributed by atoms with Crippen molar-refractivity contribution in [3.05, 3.63) is 72.1 Å². The SMILES string of the molecule is Cc1ccc(-c2c[nH]c3ncc(-c4ccc(N5CCN(C)CC5)cc4)cc23)cc1C.N[SH](=O)=O. The molecule has 34 heavy (non-hydrogen) atoms. The van der Waals surface area contributed by atoms with Crippen molar-refractivity contribution in [2.45, 2.75) is 13.8 Å². The predicted molar refractivity (Wildman–Crippen MR) is 141 cm³/mol. The summed E-state index contributed by atoms with van der Waals surface area (Å²) in [5.41, 5.74) is 9.65. The van der Waals surface area contributed by atoms with Gasteiger partial charge in [0.2, 0.25) is 0 Å². The number of likely N-dealkylation sites (N-methyl/N-ethyl adjacent to an activating group) is 1. The number of H-pyrrole nitrogens is 1. The fourth-order valence-electron chi connectivity index (χ4n) is 4.24. The molecule has 8 heteroatoms. The van der Waals surface area contributed by atoms with Gasteiger partial charge in [-0.1, -0.05) is 30.3 Å². The number of aromatic amines is 1. The molecule has 2 aromatic heterocycles. The normalized spacial score (nSPS) is 14.3. The molecule has 0 spiro atoms. The molecular weight excluding hydrogens is 446 g/mol. The molecule has 0 radical (unpaired) electrons. The quantitative estimate of drug-likeness (QED) is 0.391. The summed E-state index contributed by atoms with van der Waals surface area (Å²) in [6, 6.07) is 17.8. The fourth-order valence-corrected chi connectivity index (χ4v) is 4.24. The summed E-state index contributed by atoms with van der Waals surface area (Å²) < 4.78 is 17.6. The van der Waals surface area contributed by atoms with Crippen molar-refractivity contribution in [1.29, 1.82) is 0 Å². The van der Waals surface area contributed by atoms with E-state index in [1.165, 1.54) is 38.9 Å². The third kappa shape index (κ3) is 5.47. The molecule has 0 bridgehead atoms. The molecule has 0 atom stereocenters. The third-order valence-electron chi connectivity index (χ3n) is 6.42. The lowest BCUT2D eigenvalue weighted by Crippen LogP contribution is -2.44. The Labute approximate surface area is 202 Å². The molecule has 1 fully saturated rings. The van der Waals surface area contributed by atoms with Crippen LogP contribution in [0.5, 0.6) is 0 Å². The van der Waals surface area contributed by atoms with E-state index < -0.39 is 10.9 Å². The van der Waals surface area contributed by atoms with Crippen LogP contribution in [-0.4, -0.2) is 56.5 Å². The summed E-state index contributed by atoms with van der Waals surface area (Å²) in [4.78, 5) is 12.9. The first-order valence-electron chi connectivity index (χ1n) is 11.3. The van der Waals surface area contributed by atoms with E-state index in [9.17, 15) is 0 Å². The van der Waals surface area contributed by atoms with Crippen LogP contribution < -0.4 is 10.0 Å². The van der Waals surface area contributed by atoms with E-state index in [2.05, 4.69) is 95.5 Å². The number of thiol groups is 1. The molecule has 0 amide bonds. The van der Waals surface area contributed by atoms with Crippen molar-refractivity contribution in [3.63, 3.8) is 0 Å². The molecule has 1 saturated heterocycles. The molecular formula is C26H31N5O2S. The molecule has 7 nitrogen and oxygen atoms in total. The van der Waals surface area contributed by atoms with Crippen LogP contribution in [0.2, 0.25) is 0 Å². The Morgan fingerprint density at radius 3 is 2.18 bits per heavy atom. The molecule has 1 aliphatic heterocycles. The molecule has 0 aliphatic carbocycles. The minimum absolute atomic E-state index is 0.932. The number of hydrogen-bond donors (Lipinski definition) is 3. The van der Waals surface area contributed by atoms with Gasteiger partial charge in [0.05, 0.1) is 0 Å². The first-order chi connectivity index (χ1) is 16.3. The maximum Gasteiger partial charge on any atom is 0.198 e. The lowest BCUT2D eigenvalue weighted by molar-refractivity contribution is 0.313. The van der Waals surface area contributed by atoms with E-state index in [4.69, 9.17) is 13.4 Å². The first kappa shape index (κ1) is 23.9. The number of aryl methyl sites for hydroxylation is 2. The molecule has 0 unspecified atom stereocenters. The number of rotatable bonds is 3. The van der Waals surface area contributed by atoms with E-state index in [1.54, 1.807) is 0 Å². The van der Waals surface area contributed by atoms with E-state index >= 15 is 0 Å². The number of nitrogens with zero attached hydrogens (tertiary/aromatic N) is 3. The zero-order valence-electron chi connectivity index (χ0n) is 19.8. The summed E-state index contributed by atoms with van der Waals surface area (Å²) in [5.74, 6) is 0. The lowest BCUT2D eigenvalue weighted by Gasteiger charge is -2.34. The van der Waals surface area contributed by atoms with Crippen LogP contribution in [-0.2, 0) is 10.9 Å². The number of nitrogens with one attached hydrogen (secondary N) is 1. The van der Waals surface area contributed by atoms with E-state index in [0.29, 0.717) is 0 Å². The van der Waals surface area contributed by atoms with Crippen LogP contribution in [0, 0.1) is 13.8 Å². The van der Waals surface area contributed by atoms with Gasteiger partial charge in [0, 0.05) is 60.8 Å². The smallest absolute Gasteiger partial charge is 0.198 e. The topological polar surface area (TPSA) is 95.3 Å². The Kier molecular flexibility index (Phi) is 7.31. The van der Waals surface area contributed by atoms with Gasteiger partial charge in [0.25, 0.3) is 0 Å². The van der Waals surface area contributed by atoms with E-state index in [-0.39, 0.29) is 0 Å². The third-order valence-corrected chi connectivity index (χ3v) is 6.42. The number of fused-ring (bicyclic) bond motifs is 1. The number of piperazine rings is 1. The number of benzene rings is 2. The highest BCUT2D eigenvalue weighted by Gasteiger charge is 2.14. The molecule has 3 N–H and O–H groups in total. The first-order valence-corrected chi connectivity index (χ1v) is 12.5. The molecule has 0 saturated carbocycles. The molecule has 4 aromatic rings. The van der Waals surface area contributed by atoms with Crippen LogP contribution in [0.25, 0.3) is 33.3 Å². The van der Waals surface area contributed by atoms with Crippen molar-refractivity contribution in [2.24, 2.45) is 5.14 Å². The summed E-state index contributed by atoms with van der Waals surface area (Å²) in [7, 11) is -0.429. The molecule has 3 heterocycles. The van der Waals surface area contributed by atoms with Crippen molar-refractivity contribution < 1.29 is 8.42 Å². The number of aromatic nitrogens is 2. The molecule has 5 rings (SSSR count). The maximum absolute atomic E-state index is 8.81. The summed E-state index contributed by atoms with van der Waals surface area (Å²) in [6.07, 6.45) is 4.04. The number of nitrogens with two attached hydrogens (primary N) is 1. The number of hydrogen-bond acceptors (Lipinski definition) is 5. The molecule has 2 aromatic carbocycles. The van der Waals surface area contributed by atoms with Gasteiger partial charge in [-0.25, -0.2) is 18.5 Å². The van der Waals surface area contributed by atoms with Crippen LogP contribution in [0.4, 0.5) is 5.69 Å². The highest BCUT2D eigenvalue weighted by Crippen LogP contribution is 2.32. The highest BCUT2D eigenvalue weighted by molar-refractivity contribution is 7.69. The van der Waals surface area contributed by atoms with E-state index in [0.717, 1.165) is 37.4 Å². The number of anilines is 1. The summed E-state index contributed by atoms with van der Waals surface area (Å²) in [5, 5.41) is 5.23. The van der Waals surface area contributed by atoms with Gasteiger partial charge in [-0.05, 0) is 61.3 Å². The average molecular weight is 478 g/mol. The Balaban J connectivity index is 0.000000636. The zero-order valence-corrected chi connectivity index (χ0v) is 20.7. The Morgan fingerprint density at radius 1 is 0.882 bits per heavy atom. The largest absolute Gasteiger partial charge is 0.369 e. The number of pyridine rings is 1.